The molecule has 2 aliphatic rings. The fourth-order valence-electron chi connectivity index (χ4n) is 8.84. The zero-order valence-electron chi connectivity index (χ0n) is 28.1. The second-order valence-electron chi connectivity index (χ2n) is 14.7. The summed E-state index contributed by atoms with van der Waals surface area (Å²) in [6, 6.07) is 48.6. The van der Waals surface area contributed by atoms with E-state index in [0.717, 1.165) is 0 Å². The van der Waals surface area contributed by atoms with Crippen LogP contribution in [0.4, 0.5) is 11.4 Å². The van der Waals surface area contributed by atoms with E-state index in [4.69, 9.17) is 0 Å². The number of hydrogen-bond donors (Lipinski definition) is 0. The molecule has 0 N–H and O–H groups in total. The van der Waals surface area contributed by atoms with Gasteiger partial charge in [0.2, 0.25) is 0 Å². The van der Waals surface area contributed by atoms with Crippen LogP contribution in [0, 0.1) is 6.92 Å². The van der Waals surface area contributed by atoms with E-state index in [1.165, 1.54) is 93.4 Å². The lowest BCUT2D eigenvalue weighted by Gasteiger charge is -2.39. The average molecular weight is 622 g/mol. The van der Waals surface area contributed by atoms with Gasteiger partial charge in [0.25, 0.3) is 0 Å². The van der Waals surface area contributed by atoms with Crippen molar-refractivity contribution in [2.75, 3.05) is 11.9 Å². The van der Waals surface area contributed by atoms with Crippen LogP contribution < -0.4 is 15.3 Å². The minimum Gasteiger partial charge on any atom is -0.345 e. The Bertz CT molecular complexity index is 2450. The quantitative estimate of drug-likeness (QED) is 0.137. The fourth-order valence-corrected chi connectivity index (χ4v) is 11.9. The van der Waals surface area contributed by atoms with Gasteiger partial charge in [-0.3, -0.25) is 0 Å². The molecule has 9 rings (SSSR count). The summed E-state index contributed by atoms with van der Waals surface area (Å²) in [6.07, 6.45) is 0. The number of benzene rings is 7. The van der Waals surface area contributed by atoms with Gasteiger partial charge in [0.05, 0.1) is 0 Å². The molecule has 7 aromatic carbocycles. The minimum absolute atomic E-state index is 0.0474. The predicted octanol–water partition coefficient (Wildman–Crippen LogP) is 10.8. The lowest BCUT2D eigenvalue weighted by molar-refractivity contribution is 0.660. The zero-order valence-corrected chi connectivity index (χ0v) is 29.1. The van der Waals surface area contributed by atoms with Gasteiger partial charge in [-0.15, -0.1) is 0 Å². The van der Waals surface area contributed by atoms with Crippen LogP contribution in [0.25, 0.3) is 54.9 Å². The standard InChI is InChI=1S/C45H39NSi/c1-28-19-22-35-36(25-28)44(29-20-23-32-31-13-9-10-16-37(31)45(2,3)38(32)26-29)34-15-8-7-14-33(34)43(35)30-21-24-42-40(27-30)46(4)39-17-11-12-18-41(39)47(42,5)6/h7-27H,1-6H3. The molecule has 0 amide bonds. The Hall–Kier alpha value is -4.92. The number of fused-ring (bicyclic) bond motifs is 7. The first-order valence-electron chi connectivity index (χ1n) is 16.8. The van der Waals surface area contributed by atoms with Crippen LogP contribution in [0.3, 0.4) is 0 Å². The smallest absolute Gasteiger partial charge is 0.117 e. The van der Waals surface area contributed by atoms with Crippen molar-refractivity contribution in [2.45, 2.75) is 39.3 Å². The molecule has 47 heavy (non-hydrogen) atoms. The van der Waals surface area contributed by atoms with E-state index in [1.807, 2.05) is 0 Å². The first kappa shape index (κ1) is 28.3. The van der Waals surface area contributed by atoms with Crippen molar-refractivity contribution in [1.29, 1.82) is 0 Å². The van der Waals surface area contributed by atoms with Crippen molar-refractivity contribution in [3.8, 4) is 33.4 Å². The SMILES string of the molecule is Cc1ccc2c(-c3ccc4c(c3)N(C)c3ccccc3[Si]4(C)C)c3ccccc3c(-c3ccc4c(c3)C(C)(C)c3ccccc3-4)c2c1. The molecule has 0 saturated heterocycles. The summed E-state index contributed by atoms with van der Waals surface area (Å²) in [7, 11) is 0.386. The predicted molar refractivity (Wildman–Crippen MR) is 206 cm³/mol. The maximum atomic E-state index is 2.50. The van der Waals surface area contributed by atoms with Gasteiger partial charge >= 0.3 is 0 Å². The molecule has 0 spiro atoms. The summed E-state index contributed by atoms with van der Waals surface area (Å²) < 4.78 is 0. The Morgan fingerprint density at radius 1 is 0.511 bits per heavy atom. The van der Waals surface area contributed by atoms with E-state index < -0.39 is 8.07 Å². The molecule has 0 aromatic heterocycles. The third kappa shape index (κ3) is 3.88. The van der Waals surface area contributed by atoms with Crippen molar-refractivity contribution in [2.24, 2.45) is 0 Å². The van der Waals surface area contributed by atoms with Crippen LogP contribution in [0.5, 0.6) is 0 Å². The van der Waals surface area contributed by atoms with Crippen LogP contribution in [0.2, 0.25) is 13.1 Å². The summed E-state index contributed by atoms with van der Waals surface area (Å²) in [4.78, 5) is 2.42. The van der Waals surface area contributed by atoms with Crippen LogP contribution in [-0.2, 0) is 5.41 Å². The first-order valence-corrected chi connectivity index (χ1v) is 19.8. The Morgan fingerprint density at radius 2 is 1.11 bits per heavy atom. The Labute approximate surface area is 279 Å². The topological polar surface area (TPSA) is 3.24 Å². The Balaban J connectivity index is 1.31. The maximum Gasteiger partial charge on any atom is 0.117 e. The monoisotopic (exact) mass is 621 g/mol. The van der Waals surface area contributed by atoms with E-state index in [9.17, 15) is 0 Å². The van der Waals surface area contributed by atoms with Gasteiger partial charge in [-0.05, 0) is 102 Å². The van der Waals surface area contributed by atoms with E-state index in [0.29, 0.717) is 0 Å². The van der Waals surface area contributed by atoms with Gasteiger partial charge in [0.15, 0.2) is 0 Å². The number of nitrogens with zero attached hydrogens (tertiary/aromatic N) is 1. The third-order valence-electron chi connectivity index (χ3n) is 11.3. The third-order valence-corrected chi connectivity index (χ3v) is 14.9. The van der Waals surface area contributed by atoms with Gasteiger partial charge in [0, 0.05) is 23.8 Å². The van der Waals surface area contributed by atoms with Gasteiger partial charge in [-0.25, -0.2) is 0 Å². The lowest BCUT2D eigenvalue weighted by atomic mass is 9.80. The molecule has 7 aromatic rings. The van der Waals surface area contributed by atoms with Crippen LogP contribution in [0.15, 0.2) is 127 Å². The molecule has 1 heterocycles. The summed E-state index contributed by atoms with van der Waals surface area (Å²) in [6.45, 7) is 12.0. The maximum absolute atomic E-state index is 2.50. The van der Waals surface area contributed by atoms with Crippen LogP contribution in [0.1, 0.15) is 30.5 Å². The van der Waals surface area contributed by atoms with E-state index >= 15 is 0 Å². The van der Waals surface area contributed by atoms with Crippen molar-refractivity contribution >= 4 is 51.4 Å². The highest BCUT2D eigenvalue weighted by Crippen LogP contribution is 2.51. The fraction of sp³-hybridized carbons (Fsp3) is 0.156. The van der Waals surface area contributed by atoms with E-state index in [2.05, 4.69) is 173 Å². The highest BCUT2D eigenvalue weighted by Gasteiger charge is 2.38. The van der Waals surface area contributed by atoms with Gasteiger partial charge in [0.1, 0.15) is 8.07 Å². The summed E-state index contributed by atoms with van der Waals surface area (Å²) in [5.74, 6) is 0. The number of aryl methyl sites for hydroxylation is 1. The van der Waals surface area contributed by atoms with Gasteiger partial charge in [-0.1, -0.05) is 142 Å². The molecule has 1 nitrogen and oxygen atoms in total. The molecule has 0 atom stereocenters. The molecule has 0 radical (unpaired) electrons. The second-order valence-corrected chi connectivity index (χ2v) is 19.0. The summed E-state index contributed by atoms with van der Waals surface area (Å²) in [5, 5.41) is 8.25. The number of rotatable bonds is 2. The highest BCUT2D eigenvalue weighted by molar-refractivity contribution is 7.02. The molecule has 0 bridgehead atoms. The second kappa shape index (κ2) is 9.79. The number of hydrogen-bond acceptors (Lipinski definition) is 1. The molecular weight excluding hydrogens is 583 g/mol. The Kier molecular flexibility index (Phi) is 5.90. The van der Waals surface area contributed by atoms with Crippen molar-refractivity contribution in [1.82, 2.24) is 0 Å². The van der Waals surface area contributed by atoms with Crippen molar-refractivity contribution in [3.05, 3.63) is 144 Å². The summed E-state index contributed by atoms with van der Waals surface area (Å²) in [5.41, 5.74) is 14.7. The van der Waals surface area contributed by atoms with Crippen molar-refractivity contribution in [3.63, 3.8) is 0 Å². The van der Waals surface area contributed by atoms with Crippen LogP contribution in [-0.4, -0.2) is 15.1 Å². The van der Waals surface area contributed by atoms with E-state index in [1.54, 1.807) is 0 Å². The first-order chi connectivity index (χ1) is 22.7. The molecule has 0 unspecified atom stereocenters. The van der Waals surface area contributed by atoms with E-state index in [-0.39, 0.29) is 5.41 Å². The van der Waals surface area contributed by atoms with Crippen LogP contribution >= 0.6 is 0 Å². The normalized spacial score (nSPS) is 15.3. The van der Waals surface area contributed by atoms with Gasteiger partial charge in [-0.2, -0.15) is 0 Å². The largest absolute Gasteiger partial charge is 0.345 e. The van der Waals surface area contributed by atoms with Crippen molar-refractivity contribution < 1.29 is 0 Å². The molecule has 1 aliphatic carbocycles. The Morgan fingerprint density at radius 3 is 1.91 bits per heavy atom. The minimum atomic E-state index is -1.85. The number of anilines is 2. The summed E-state index contributed by atoms with van der Waals surface area (Å²) >= 11 is 0. The molecule has 2 heteroatoms. The molecule has 0 fully saturated rings. The zero-order chi connectivity index (χ0) is 32.2. The molecule has 0 saturated carbocycles. The van der Waals surface area contributed by atoms with Gasteiger partial charge < -0.3 is 4.90 Å². The average Bonchev–Trinajstić information content (AvgIpc) is 3.31. The highest BCUT2D eigenvalue weighted by atomic mass is 28.3. The molecule has 1 aliphatic heterocycles. The lowest BCUT2D eigenvalue weighted by Crippen LogP contribution is -2.58. The number of para-hydroxylation sites is 1. The molecular formula is C45H39NSi. The molecule has 228 valence electrons.